The molecule has 0 aromatic heterocycles. The second-order valence-corrected chi connectivity index (χ2v) is 4.37. The summed E-state index contributed by atoms with van der Waals surface area (Å²) in [5, 5.41) is 0. The molecule has 1 nitrogen and oxygen atoms in total. The molecule has 3 heteroatoms. The molecule has 0 bridgehead atoms. The van der Waals surface area contributed by atoms with Gasteiger partial charge in [-0.2, -0.15) is 11.8 Å². The number of alkyl halides is 1. The second kappa shape index (κ2) is 6.15. The van der Waals surface area contributed by atoms with E-state index in [-0.39, 0.29) is 0 Å². The fourth-order valence-corrected chi connectivity index (χ4v) is 2.52. The standard InChI is InChI=1S/C8H15ClOS/c9-3-1-5-11-7-8-2-4-10-6-8/h8H,1-7H2. The molecule has 66 valence electrons. The lowest BCUT2D eigenvalue weighted by Gasteiger charge is -2.05. The van der Waals surface area contributed by atoms with Gasteiger partial charge in [0.05, 0.1) is 6.61 Å². The van der Waals surface area contributed by atoms with Gasteiger partial charge in [-0.25, -0.2) is 0 Å². The van der Waals surface area contributed by atoms with Gasteiger partial charge >= 0.3 is 0 Å². The zero-order valence-electron chi connectivity index (χ0n) is 6.72. The normalized spacial score (nSPS) is 24.3. The summed E-state index contributed by atoms with van der Waals surface area (Å²) in [6.07, 6.45) is 2.40. The van der Waals surface area contributed by atoms with Crippen molar-refractivity contribution < 1.29 is 4.74 Å². The van der Waals surface area contributed by atoms with Crippen LogP contribution in [0.25, 0.3) is 0 Å². The van der Waals surface area contributed by atoms with Crippen LogP contribution in [0.15, 0.2) is 0 Å². The van der Waals surface area contributed by atoms with E-state index in [4.69, 9.17) is 16.3 Å². The van der Waals surface area contributed by atoms with Crippen LogP contribution in [0.5, 0.6) is 0 Å². The van der Waals surface area contributed by atoms with Crippen molar-refractivity contribution >= 4 is 23.4 Å². The molecule has 0 radical (unpaired) electrons. The maximum atomic E-state index is 5.56. The summed E-state index contributed by atoms with van der Waals surface area (Å²) in [4.78, 5) is 0. The Morgan fingerprint density at radius 2 is 2.45 bits per heavy atom. The Morgan fingerprint density at radius 3 is 3.09 bits per heavy atom. The van der Waals surface area contributed by atoms with Gasteiger partial charge < -0.3 is 4.74 Å². The molecule has 1 heterocycles. The maximum Gasteiger partial charge on any atom is 0.0503 e. The molecular weight excluding hydrogens is 180 g/mol. The minimum Gasteiger partial charge on any atom is -0.381 e. The SMILES string of the molecule is ClCCCSCC1CCOC1. The highest BCUT2D eigenvalue weighted by atomic mass is 35.5. The predicted octanol–water partition coefficient (Wildman–Crippen LogP) is 2.39. The molecule has 11 heavy (non-hydrogen) atoms. The molecule has 0 aliphatic carbocycles. The van der Waals surface area contributed by atoms with Crippen LogP contribution in [0.2, 0.25) is 0 Å². The smallest absolute Gasteiger partial charge is 0.0503 e. The highest BCUT2D eigenvalue weighted by Gasteiger charge is 2.14. The number of rotatable bonds is 5. The van der Waals surface area contributed by atoms with E-state index in [0.29, 0.717) is 0 Å². The third-order valence-electron chi connectivity index (χ3n) is 1.80. The van der Waals surface area contributed by atoms with E-state index < -0.39 is 0 Å². The van der Waals surface area contributed by atoms with Crippen molar-refractivity contribution in [2.24, 2.45) is 5.92 Å². The highest BCUT2D eigenvalue weighted by Crippen LogP contribution is 2.18. The third kappa shape index (κ3) is 4.24. The first-order valence-electron chi connectivity index (χ1n) is 4.15. The zero-order valence-corrected chi connectivity index (χ0v) is 8.29. The van der Waals surface area contributed by atoms with Crippen molar-refractivity contribution in [3.63, 3.8) is 0 Å². The average Bonchev–Trinajstić information content (AvgIpc) is 2.50. The van der Waals surface area contributed by atoms with Crippen LogP contribution in [0, 0.1) is 5.92 Å². The van der Waals surface area contributed by atoms with Gasteiger partial charge in [0.15, 0.2) is 0 Å². The first-order chi connectivity index (χ1) is 5.43. The Kier molecular flexibility index (Phi) is 5.42. The van der Waals surface area contributed by atoms with Crippen LogP contribution in [0.3, 0.4) is 0 Å². The minimum absolute atomic E-state index is 0.800. The molecular formula is C8H15ClOS. The first-order valence-corrected chi connectivity index (χ1v) is 5.84. The largest absolute Gasteiger partial charge is 0.381 e. The Labute approximate surface area is 77.8 Å². The fourth-order valence-electron chi connectivity index (χ4n) is 1.12. The maximum absolute atomic E-state index is 5.56. The van der Waals surface area contributed by atoms with Crippen molar-refractivity contribution in [2.45, 2.75) is 12.8 Å². The van der Waals surface area contributed by atoms with Gasteiger partial charge in [-0.1, -0.05) is 0 Å². The lowest BCUT2D eigenvalue weighted by molar-refractivity contribution is 0.189. The van der Waals surface area contributed by atoms with Crippen molar-refractivity contribution in [3.05, 3.63) is 0 Å². The fraction of sp³-hybridized carbons (Fsp3) is 1.00. The summed E-state index contributed by atoms with van der Waals surface area (Å²) in [5.41, 5.74) is 0. The number of halogens is 1. The lowest BCUT2D eigenvalue weighted by Crippen LogP contribution is -2.02. The highest BCUT2D eigenvalue weighted by molar-refractivity contribution is 7.99. The quantitative estimate of drug-likeness (QED) is 0.491. The molecule has 0 spiro atoms. The van der Waals surface area contributed by atoms with E-state index in [1.165, 1.54) is 17.9 Å². The predicted molar refractivity (Wildman–Crippen MR) is 51.6 cm³/mol. The van der Waals surface area contributed by atoms with Crippen LogP contribution >= 0.6 is 23.4 Å². The molecule has 1 aliphatic heterocycles. The second-order valence-electron chi connectivity index (χ2n) is 2.85. The number of ether oxygens (including phenoxy) is 1. The lowest BCUT2D eigenvalue weighted by atomic mass is 10.2. The van der Waals surface area contributed by atoms with Gasteiger partial charge in [0, 0.05) is 12.5 Å². The number of hydrogen-bond donors (Lipinski definition) is 0. The molecule has 0 N–H and O–H groups in total. The molecule has 1 saturated heterocycles. The van der Waals surface area contributed by atoms with Gasteiger partial charge in [0.25, 0.3) is 0 Å². The summed E-state index contributed by atoms with van der Waals surface area (Å²) in [6.45, 7) is 1.95. The summed E-state index contributed by atoms with van der Waals surface area (Å²) >= 11 is 7.57. The molecule has 0 saturated carbocycles. The Morgan fingerprint density at radius 1 is 1.55 bits per heavy atom. The van der Waals surface area contributed by atoms with Crippen LogP contribution in [-0.2, 0) is 4.74 Å². The molecule has 1 unspecified atom stereocenters. The summed E-state index contributed by atoms with van der Waals surface area (Å²) in [6, 6.07) is 0. The number of thioether (sulfide) groups is 1. The third-order valence-corrected chi connectivity index (χ3v) is 3.35. The van der Waals surface area contributed by atoms with E-state index in [1.54, 1.807) is 0 Å². The monoisotopic (exact) mass is 194 g/mol. The molecule has 1 atom stereocenters. The molecule has 1 aliphatic rings. The molecule has 0 aromatic rings. The van der Waals surface area contributed by atoms with Crippen LogP contribution in [0.1, 0.15) is 12.8 Å². The zero-order chi connectivity index (χ0) is 7.94. The molecule has 1 rings (SSSR count). The van der Waals surface area contributed by atoms with E-state index in [0.717, 1.165) is 31.4 Å². The average molecular weight is 195 g/mol. The molecule has 1 fully saturated rings. The van der Waals surface area contributed by atoms with E-state index in [9.17, 15) is 0 Å². The van der Waals surface area contributed by atoms with E-state index in [1.807, 2.05) is 11.8 Å². The molecule has 0 amide bonds. The van der Waals surface area contributed by atoms with Crippen LogP contribution < -0.4 is 0 Å². The van der Waals surface area contributed by atoms with Gasteiger partial charge in [-0.05, 0) is 30.3 Å². The summed E-state index contributed by atoms with van der Waals surface area (Å²) in [7, 11) is 0. The van der Waals surface area contributed by atoms with E-state index >= 15 is 0 Å². The van der Waals surface area contributed by atoms with Crippen molar-refractivity contribution in [1.29, 1.82) is 0 Å². The van der Waals surface area contributed by atoms with Gasteiger partial charge in [-0.3, -0.25) is 0 Å². The summed E-state index contributed by atoms with van der Waals surface area (Å²) < 4.78 is 5.27. The van der Waals surface area contributed by atoms with E-state index in [2.05, 4.69) is 0 Å². The van der Waals surface area contributed by atoms with Crippen LogP contribution in [0.4, 0.5) is 0 Å². The molecule has 0 aromatic carbocycles. The summed E-state index contributed by atoms with van der Waals surface area (Å²) in [5.74, 6) is 4.08. The van der Waals surface area contributed by atoms with Crippen molar-refractivity contribution in [1.82, 2.24) is 0 Å². The van der Waals surface area contributed by atoms with Crippen molar-refractivity contribution in [2.75, 3.05) is 30.6 Å². The van der Waals surface area contributed by atoms with Gasteiger partial charge in [0.1, 0.15) is 0 Å². The Hall–Kier alpha value is 0.600. The van der Waals surface area contributed by atoms with Crippen molar-refractivity contribution in [3.8, 4) is 0 Å². The topological polar surface area (TPSA) is 9.23 Å². The Balaban J connectivity index is 1.86. The first kappa shape index (κ1) is 9.69. The Bertz CT molecular complexity index is 94.1. The van der Waals surface area contributed by atoms with Crippen LogP contribution in [-0.4, -0.2) is 30.6 Å². The number of hydrogen-bond acceptors (Lipinski definition) is 2. The minimum atomic E-state index is 0.800. The van der Waals surface area contributed by atoms with Gasteiger partial charge in [0.2, 0.25) is 0 Å². The van der Waals surface area contributed by atoms with Gasteiger partial charge in [-0.15, -0.1) is 11.6 Å².